The first-order valence-corrected chi connectivity index (χ1v) is 4.37. The minimum atomic E-state index is -0.472. The van der Waals surface area contributed by atoms with Crippen LogP contribution in [0.4, 0.5) is 0 Å². The van der Waals surface area contributed by atoms with Crippen LogP contribution in [0.5, 0.6) is 0 Å². The summed E-state index contributed by atoms with van der Waals surface area (Å²) in [6.45, 7) is 11.3. The van der Waals surface area contributed by atoms with Crippen molar-refractivity contribution in [2.45, 2.75) is 40.1 Å². The van der Waals surface area contributed by atoms with Crippen LogP contribution in [0.25, 0.3) is 0 Å². The summed E-state index contributed by atoms with van der Waals surface area (Å²) in [7, 11) is 0. The van der Waals surface area contributed by atoms with E-state index in [9.17, 15) is 4.79 Å². The summed E-state index contributed by atoms with van der Waals surface area (Å²) in [6.07, 6.45) is -0.717. The Hall–Kier alpha value is -0.830. The summed E-state index contributed by atoms with van der Waals surface area (Å²) in [5, 5.41) is 0. The molecule has 0 radical (unpaired) electrons. The maximum absolute atomic E-state index is 11.3. The molecule has 0 aromatic heterocycles. The highest BCUT2D eigenvalue weighted by molar-refractivity contribution is 5.89. The molecule has 1 heterocycles. The van der Waals surface area contributed by atoms with Gasteiger partial charge >= 0.3 is 5.97 Å². The Labute approximate surface area is 78.7 Å². The predicted octanol–water partition coefficient (Wildman–Crippen LogP) is 1.88. The minimum absolute atomic E-state index is 0.190. The number of carbonyl (C=O) groups is 1. The summed E-state index contributed by atoms with van der Waals surface area (Å²) in [6, 6.07) is 0. The summed E-state index contributed by atoms with van der Waals surface area (Å²) in [4.78, 5) is 11.3. The molecule has 0 aromatic rings. The van der Waals surface area contributed by atoms with Crippen molar-refractivity contribution in [3.8, 4) is 0 Å². The van der Waals surface area contributed by atoms with Crippen molar-refractivity contribution in [2.24, 2.45) is 5.41 Å². The summed E-state index contributed by atoms with van der Waals surface area (Å²) in [5.74, 6) is -0.348. The number of hydrogen-bond acceptors (Lipinski definition) is 3. The molecule has 0 aromatic carbocycles. The highest BCUT2D eigenvalue weighted by Crippen LogP contribution is 2.29. The van der Waals surface area contributed by atoms with Crippen LogP contribution in [-0.4, -0.2) is 18.4 Å². The second-order valence-electron chi connectivity index (χ2n) is 4.41. The molecule has 74 valence electrons. The van der Waals surface area contributed by atoms with Crippen LogP contribution in [0.2, 0.25) is 0 Å². The third kappa shape index (κ3) is 2.10. The van der Waals surface area contributed by atoms with E-state index < -0.39 is 6.29 Å². The van der Waals surface area contributed by atoms with Crippen LogP contribution in [0, 0.1) is 5.41 Å². The van der Waals surface area contributed by atoms with E-state index in [-0.39, 0.29) is 17.5 Å². The fourth-order valence-corrected chi connectivity index (χ4v) is 1.02. The zero-order chi connectivity index (χ0) is 10.2. The van der Waals surface area contributed by atoms with Crippen molar-refractivity contribution in [3.63, 3.8) is 0 Å². The van der Waals surface area contributed by atoms with Gasteiger partial charge in [-0.2, -0.15) is 0 Å². The van der Waals surface area contributed by atoms with E-state index in [1.54, 1.807) is 0 Å². The molecule has 1 aliphatic rings. The van der Waals surface area contributed by atoms with Gasteiger partial charge in [0.1, 0.15) is 0 Å². The zero-order valence-electron chi connectivity index (χ0n) is 8.59. The molecule has 0 amide bonds. The predicted molar refractivity (Wildman–Crippen MR) is 49.0 cm³/mol. The lowest BCUT2D eigenvalue weighted by Gasteiger charge is -2.36. The lowest BCUT2D eigenvalue weighted by molar-refractivity contribution is -0.225. The van der Waals surface area contributed by atoms with Gasteiger partial charge in [-0.25, -0.2) is 4.79 Å². The van der Waals surface area contributed by atoms with Crippen molar-refractivity contribution >= 4 is 5.97 Å². The molecule has 0 spiro atoms. The number of ether oxygens (including phenoxy) is 2. The van der Waals surface area contributed by atoms with Crippen LogP contribution < -0.4 is 0 Å². The molecule has 0 saturated carbocycles. The van der Waals surface area contributed by atoms with Crippen molar-refractivity contribution in [1.29, 1.82) is 0 Å². The number of rotatable bonds is 0. The van der Waals surface area contributed by atoms with Crippen molar-refractivity contribution in [3.05, 3.63) is 12.2 Å². The number of carbonyl (C=O) groups excluding carboxylic acids is 1. The molecule has 0 bridgehead atoms. The molecule has 3 nitrogen and oxygen atoms in total. The molecule has 0 aliphatic carbocycles. The average Bonchev–Trinajstić information content (AvgIpc) is 1.97. The second kappa shape index (κ2) is 3.14. The second-order valence-corrected chi connectivity index (χ2v) is 4.41. The summed E-state index contributed by atoms with van der Waals surface area (Å²) >= 11 is 0. The topological polar surface area (TPSA) is 35.5 Å². The zero-order valence-corrected chi connectivity index (χ0v) is 8.59. The molecule has 1 fully saturated rings. The van der Waals surface area contributed by atoms with E-state index in [4.69, 9.17) is 9.47 Å². The van der Waals surface area contributed by atoms with E-state index in [0.717, 1.165) is 0 Å². The SMILES string of the molecule is C=C1C(=O)O[C@H](C(C)(C)C)O[C@@H]1C. The van der Waals surface area contributed by atoms with Gasteiger partial charge in [0.05, 0.1) is 11.7 Å². The lowest BCUT2D eigenvalue weighted by Crippen LogP contribution is -2.43. The Morgan fingerprint density at radius 3 is 2.31 bits per heavy atom. The first-order chi connectivity index (χ1) is 5.82. The monoisotopic (exact) mass is 184 g/mol. The van der Waals surface area contributed by atoms with Crippen molar-refractivity contribution in [1.82, 2.24) is 0 Å². The number of hydrogen-bond donors (Lipinski definition) is 0. The summed E-state index contributed by atoms with van der Waals surface area (Å²) < 4.78 is 10.6. The first kappa shape index (κ1) is 10.3. The van der Waals surface area contributed by atoms with Gasteiger partial charge in [0.2, 0.25) is 6.29 Å². The van der Waals surface area contributed by atoms with Gasteiger partial charge in [0.15, 0.2) is 0 Å². The van der Waals surface area contributed by atoms with E-state index >= 15 is 0 Å². The van der Waals surface area contributed by atoms with Crippen molar-refractivity contribution in [2.75, 3.05) is 0 Å². The largest absolute Gasteiger partial charge is 0.432 e. The van der Waals surface area contributed by atoms with Crippen LogP contribution in [0.1, 0.15) is 27.7 Å². The van der Waals surface area contributed by atoms with Crippen LogP contribution in [0.3, 0.4) is 0 Å². The number of esters is 1. The maximum atomic E-state index is 11.3. The fraction of sp³-hybridized carbons (Fsp3) is 0.700. The van der Waals surface area contributed by atoms with Gasteiger partial charge in [-0.15, -0.1) is 0 Å². The molecule has 1 rings (SSSR count). The van der Waals surface area contributed by atoms with E-state index in [1.807, 2.05) is 27.7 Å². The molecule has 0 unspecified atom stereocenters. The van der Waals surface area contributed by atoms with E-state index in [1.165, 1.54) is 0 Å². The van der Waals surface area contributed by atoms with Crippen LogP contribution >= 0.6 is 0 Å². The third-order valence-corrected chi connectivity index (χ3v) is 2.00. The van der Waals surface area contributed by atoms with Gasteiger partial charge < -0.3 is 9.47 Å². The van der Waals surface area contributed by atoms with Gasteiger partial charge in [0, 0.05) is 5.41 Å². The Kier molecular flexibility index (Phi) is 2.48. The third-order valence-electron chi connectivity index (χ3n) is 2.00. The van der Waals surface area contributed by atoms with Gasteiger partial charge in [0.25, 0.3) is 0 Å². The molecular weight excluding hydrogens is 168 g/mol. The molecule has 1 aliphatic heterocycles. The Morgan fingerprint density at radius 1 is 1.38 bits per heavy atom. The quantitative estimate of drug-likeness (QED) is 0.426. The van der Waals surface area contributed by atoms with Crippen LogP contribution in [0.15, 0.2) is 12.2 Å². The lowest BCUT2D eigenvalue weighted by atomic mass is 9.95. The van der Waals surface area contributed by atoms with E-state index in [2.05, 4.69) is 6.58 Å². The Balaban J connectivity index is 2.75. The fourth-order valence-electron chi connectivity index (χ4n) is 1.02. The first-order valence-electron chi connectivity index (χ1n) is 4.37. The smallest absolute Gasteiger partial charge is 0.338 e. The van der Waals surface area contributed by atoms with Crippen LogP contribution in [-0.2, 0) is 14.3 Å². The van der Waals surface area contributed by atoms with Crippen molar-refractivity contribution < 1.29 is 14.3 Å². The Morgan fingerprint density at radius 2 is 1.92 bits per heavy atom. The normalized spacial score (nSPS) is 30.2. The average molecular weight is 184 g/mol. The molecule has 13 heavy (non-hydrogen) atoms. The standard InChI is InChI=1S/C10H16O3/c1-6-7(2)12-9(10(3,4)5)13-8(6)11/h7,9H,1H2,2-5H3/t7-,9-/m1/s1. The molecule has 0 N–H and O–H groups in total. The summed E-state index contributed by atoms with van der Waals surface area (Å²) in [5.41, 5.74) is 0.199. The molecule has 2 atom stereocenters. The maximum Gasteiger partial charge on any atom is 0.338 e. The highest BCUT2D eigenvalue weighted by atomic mass is 16.7. The highest BCUT2D eigenvalue weighted by Gasteiger charge is 2.37. The molecule has 1 saturated heterocycles. The molecular formula is C10H16O3. The van der Waals surface area contributed by atoms with Gasteiger partial charge in [-0.1, -0.05) is 27.4 Å². The molecule has 3 heteroatoms. The minimum Gasteiger partial charge on any atom is -0.432 e. The van der Waals surface area contributed by atoms with Gasteiger partial charge in [-0.05, 0) is 6.92 Å². The Bertz CT molecular complexity index is 237. The van der Waals surface area contributed by atoms with Gasteiger partial charge in [-0.3, -0.25) is 0 Å². The number of cyclic esters (lactones) is 1. The van der Waals surface area contributed by atoms with E-state index in [0.29, 0.717) is 5.57 Å².